The predicted molar refractivity (Wildman–Crippen MR) is 123 cm³/mol. The third-order valence-electron chi connectivity index (χ3n) is 4.87. The smallest absolute Gasteiger partial charge is 0.434 e. The van der Waals surface area contributed by atoms with E-state index in [0.29, 0.717) is 24.7 Å². The van der Waals surface area contributed by atoms with Gasteiger partial charge in [0, 0.05) is 0 Å². The zero-order chi connectivity index (χ0) is 22.7. The van der Waals surface area contributed by atoms with Gasteiger partial charge in [-0.3, -0.25) is 0 Å². The molecule has 0 unspecified atom stereocenters. The van der Waals surface area contributed by atoms with Crippen molar-refractivity contribution in [2.24, 2.45) is 0 Å². The Bertz CT molecular complexity index is 682. The van der Waals surface area contributed by atoms with Crippen LogP contribution in [0, 0.1) is 0 Å². The lowest BCUT2D eigenvalue weighted by molar-refractivity contribution is 0.0961. The van der Waals surface area contributed by atoms with E-state index in [1.54, 1.807) is 24.3 Å². The molecule has 0 radical (unpaired) electrons. The highest BCUT2D eigenvalue weighted by atomic mass is 16.7. The van der Waals surface area contributed by atoms with Crippen molar-refractivity contribution in [2.75, 3.05) is 13.2 Å². The number of hydrogen-bond acceptors (Lipinski definition) is 6. The maximum atomic E-state index is 11.5. The van der Waals surface area contributed by atoms with Crippen LogP contribution in [0.3, 0.4) is 0 Å². The van der Waals surface area contributed by atoms with E-state index < -0.39 is 12.3 Å². The number of benzene rings is 2. The molecular weight excluding hydrogens is 408 g/mol. The van der Waals surface area contributed by atoms with Crippen LogP contribution in [-0.2, 0) is 9.47 Å². The van der Waals surface area contributed by atoms with Crippen LogP contribution in [0.4, 0.5) is 9.59 Å². The number of carbonyl (C=O) groups excluding carboxylic acids is 2. The third kappa shape index (κ3) is 12.6. The molecule has 174 valence electrons. The summed E-state index contributed by atoms with van der Waals surface area (Å²) in [6.07, 6.45) is 9.66. The monoisotopic (exact) mass is 442 g/mol. The third-order valence-corrected chi connectivity index (χ3v) is 4.87. The zero-order valence-electron chi connectivity index (χ0n) is 18.7. The summed E-state index contributed by atoms with van der Waals surface area (Å²) in [5, 5.41) is 0. The van der Waals surface area contributed by atoms with Crippen LogP contribution in [0.5, 0.6) is 11.5 Å². The maximum Gasteiger partial charge on any atom is 0.513 e. The second kappa shape index (κ2) is 16.6. The van der Waals surface area contributed by atoms with Crippen molar-refractivity contribution >= 4 is 12.3 Å². The summed E-state index contributed by atoms with van der Waals surface area (Å²) in [6, 6.07) is 17.8. The van der Waals surface area contributed by atoms with Gasteiger partial charge in [0.1, 0.15) is 11.5 Å². The minimum atomic E-state index is -0.644. The second-order valence-corrected chi connectivity index (χ2v) is 7.56. The van der Waals surface area contributed by atoms with Gasteiger partial charge in [-0.05, 0) is 37.1 Å². The molecule has 0 N–H and O–H groups in total. The lowest BCUT2D eigenvalue weighted by atomic mass is 10.1. The van der Waals surface area contributed by atoms with Crippen LogP contribution in [0.2, 0.25) is 0 Å². The Kier molecular flexibility index (Phi) is 13.1. The Labute approximate surface area is 190 Å². The largest absolute Gasteiger partial charge is 0.513 e. The minimum Gasteiger partial charge on any atom is -0.434 e. The van der Waals surface area contributed by atoms with Crippen molar-refractivity contribution < 1.29 is 28.5 Å². The molecule has 6 heteroatoms. The first-order valence-corrected chi connectivity index (χ1v) is 11.5. The Morgan fingerprint density at radius 2 is 0.781 bits per heavy atom. The van der Waals surface area contributed by atoms with E-state index in [2.05, 4.69) is 0 Å². The second-order valence-electron chi connectivity index (χ2n) is 7.56. The Balaban J connectivity index is 1.30. The zero-order valence-corrected chi connectivity index (χ0v) is 18.7. The topological polar surface area (TPSA) is 71.1 Å². The highest BCUT2D eigenvalue weighted by Crippen LogP contribution is 2.13. The van der Waals surface area contributed by atoms with Crippen molar-refractivity contribution in [3.05, 3.63) is 60.7 Å². The Morgan fingerprint density at radius 1 is 0.469 bits per heavy atom. The molecule has 2 aromatic carbocycles. The molecule has 0 aliphatic carbocycles. The van der Waals surface area contributed by atoms with Crippen molar-refractivity contribution in [1.29, 1.82) is 0 Å². The van der Waals surface area contributed by atoms with E-state index in [9.17, 15) is 9.59 Å². The molecule has 2 aromatic rings. The van der Waals surface area contributed by atoms with Crippen LogP contribution < -0.4 is 9.47 Å². The average Bonchev–Trinajstić information content (AvgIpc) is 2.80. The number of ether oxygens (including phenoxy) is 4. The van der Waals surface area contributed by atoms with Crippen molar-refractivity contribution in [3.63, 3.8) is 0 Å². The van der Waals surface area contributed by atoms with Gasteiger partial charge in [0.25, 0.3) is 0 Å². The summed E-state index contributed by atoms with van der Waals surface area (Å²) in [5.74, 6) is 0.992. The number of unbranched alkanes of at least 4 members (excludes halogenated alkanes) is 9. The molecule has 0 saturated heterocycles. The fourth-order valence-electron chi connectivity index (χ4n) is 3.16. The first-order valence-electron chi connectivity index (χ1n) is 11.5. The number of hydrogen-bond donors (Lipinski definition) is 0. The van der Waals surface area contributed by atoms with Gasteiger partial charge in [-0.15, -0.1) is 0 Å². The summed E-state index contributed by atoms with van der Waals surface area (Å²) in [5.41, 5.74) is 0. The van der Waals surface area contributed by atoms with Crippen LogP contribution in [-0.4, -0.2) is 25.5 Å². The number of para-hydroxylation sites is 2. The van der Waals surface area contributed by atoms with Gasteiger partial charge < -0.3 is 18.9 Å². The maximum absolute atomic E-state index is 11.5. The van der Waals surface area contributed by atoms with Gasteiger partial charge in [0.2, 0.25) is 0 Å². The molecule has 0 bridgehead atoms. The molecule has 0 fully saturated rings. The van der Waals surface area contributed by atoms with Crippen LogP contribution >= 0.6 is 0 Å². The van der Waals surface area contributed by atoms with Gasteiger partial charge in [-0.25, -0.2) is 9.59 Å². The summed E-state index contributed by atoms with van der Waals surface area (Å²) in [6.45, 7) is 0.791. The van der Waals surface area contributed by atoms with Gasteiger partial charge in [0.15, 0.2) is 0 Å². The van der Waals surface area contributed by atoms with Crippen LogP contribution in [0.1, 0.15) is 64.2 Å². The van der Waals surface area contributed by atoms with Gasteiger partial charge in [0.05, 0.1) is 13.2 Å². The summed E-state index contributed by atoms with van der Waals surface area (Å²) >= 11 is 0. The first kappa shape index (κ1) is 25.2. The highest BCUT2D eigenvalue weighted by molar-refractivity contribution is 5.64. The standard InChI is InChI=1S/C26H34O6/c27-25(31-23-17-11-9-12-18-23)29-21-15-7-5-3-1-2-4-6-8-16-22-30-26(28)32-24-19-13-10-14-20-24/h9-14,17-20H,1-8,15-16,21-22H2. The minimum absolute atomic E-state index is 0.395. The fourth-order valence-corrected chi connectivity index (χ4v) is 3.16. The number of carbonyl (C=O) groups is 2. The van der Waals surface area contributed by atoms with E-state index >= 15 is 0 Å². The van der Waals surface area contributed by atoms with E-state index in [1.807, 2.05) is 36.4 Å². The predicted octanol–water partition coefficient (Wildman–Crippen LogP) is 7.32. The van der Waals surface area contributed by atoms with E-state index in [-0.39, 0.29) is 0 Å². The molecule has 0 aliphatic heterocycles. The van der Waals surface area contributed by atoms with Crippen LogP contribution in [0.15, 0.2) is 60.7 Å². The Morgan fingerprint density at radius 3 is 1.12 bits per heavy atom. The normalized spacial score (nSPS) is 10.4. The van der Waals surface area contributed by atoms with Crippen molar-refractivity contribution in [3.8, 4) is 11.5 Å². The van der Waals surface area contributed by atoms with E-state index in [4.69, 9.17) is 18.9 Å². The van der Waals surface area contributed by atoms with Gasteiger partial charge in [-0.1, -0.05) is 87.8 Å². The molecule has 6 nitrogen and oxygen atoms in total. The molecule has 0 aromatic heterocycles. The molecule has 32 heavy (non-hydrogen) atoms. The number of rotatable bonds is 15. The SMILES string of the molecule is O=C(OCCCCCCCCCCCCOC(=O)Oc1ccccc1)Oc1ccccc1. The molecule has 0 amide bonds. The molecule has 0 atom stereocenters. The molecule has 0 saturated carbocycles. The van der Waals surface area contributed by atoms with Gasteiger partial charge >= 0.3 is 12.3 Å². The first-order chi connectivity index (χ1) is 15.7. The van der Waals surface area contributed by atoms with E-state index in [0.717, 1.165) is 38.5 Å². The molecule has 0 spiro atoms. The van der Waals surface area contributed by atoms with Crippen molar-refractivity contribution in [2.45, 2.75) is 64.2 Å². The molecular formula is C26H34O6. The molecule has 0 aliphatic rings. The lowest BCUT2D eigenvalue weighted by Gasteiger charge is -2.06. The van der Waals surface area contributed by atoms with Crippen molar-refractivity contribution in [1.82, 2.24) is 0 Å². The van der Waals surface area contributed by atoms with Crippen LogP contribution in [0.25, 0.3) is 0 Å². The average molecular weight is 443 g/mol. The molecule has 2 rings (SSSR count). The highest BCUT2D eigenvalue weighted by Gasteiger charge is 2.06. The fraction of sp³-hybridized carbons (Fsp3) is 0.462. The summed E-state index contributed by atoms with van der Waals surface area (Å²) < 4.78 is 20.3. The van der Waals surface area contributed by atoms with Gasteiger partial charge in [-0.2, -0.15) is 0 Å². The summed E-state index contributed by atoms with van der Waals surface area (Å²) in [4.78, 5) is 23.1. The summed E-state index contributed by atoms with van der Waals surface area (Å²) in [7, 11) is 0. The lowest BCUT2D eigenvalue weighted by Crippen LogP contribution is -2.11. The Hall–Kier alpha value is -3.02. The van der Waals surface area contributed by atoms with E-state index in [1.165, 1.54) is 25.7 Å². The quantitative estimate of drug-likeness (QED) is 0.163. The molecule has 0 heterocycles.